The fourth-order valence-corrected chi connectivity index (χ4v) is 5.05. The Morgan fingerprint density at radius 3 is 2.68 bits per heavy atom. The van der Waals surface area contributed by atoms with E-state index in [1.807, 2.05) is 18.2 Å². The summed E-state index contributed by atoms with van der Waals surface area (Å²) in [6.45, 7) is 5.86. The number of methoxy groups -OCH3 is 1. The van der Waals surface area contributed by atoms with Crippen molar-refractivity contribution < 1.29 is 23.7 Å². The van der Waals surface area contributed by atoms with Crippen LogP contribution in [0.1, 0.15) is 16.8 Å². The standard InChI is InChI=1S/C24H27N3O5S.ClH/c1-29-18-4-5-19-22(16-18)33-24(25-19)27(8-2-7-26-9-11-30-12-10-26)23(28)17-3-6-20-21(15-17)32-14-13-31-20;/h3-6,15-16H,2,7-14H2,1H3;1H. The molecule has 1 fully saturated rings. The number of morpholine rings is 1. The third-order valence-electron chi connectivity index (χ3n) is 5.81. The normalized spacial score (nSPS) is 15.6. The lowest BCUT2D eigenvalue weighted by molar-refractivity contribution is 0.0376. The van der Waals surface area contributed by atoms with Gasteiger partial charge in [0.1, 0.15) is 19.0 Å². The van der Waals surface area contributed by atoms with Crippen molar-refractivity contribution >= 4 is 45.0 Å². The average molecular weight is 506 g/mol. The van der Waals surface area contributed by atoms with E-state index in [2.05, 4.69) is 4.90 Å². The van der Waals surface area contributed by atoms with Gasteiger partial charge in [-0.3, -0.25) is 14.6 Å². The summed E-state index contributed by atoms with van der Waals surface area (Å²) in [5.74, 6) is 1.95. The number of hydrogen-bond donors (Lipinski definition) is 0. The number of aromatic nitrogens is 1. The first kappa shape index (κ1) is 24.5. The zero-order valence-electron chi connectivity index (χ0n) is 19.0. The lowest BCUT2D eigenvalue weighted by Crippen LogP contribution is -2.39. The molecule has 2 aliphatic rings. The van der Waals surface area contributed by atoms with E-state index in [4.69, 9.17) is 23.9 Å². The fourth-order valence-electron chi connectivity index (χ4n) is 4.03. The van der Waals surface area contributed by atoms with E-state index in [1.165, 1.54) is 11.3 Å². The first-order valence-electron chi connectivity index (χ1n) is 11.2. The van der Waals surface area contributed by atoms with E-state index >= 15 is 0 Å². The van der Waals surface area contributed by atoms with Gasteiger partial charge in [-0.25, -0.2) is 4.98 Å². The van der Waals surface area contributed by atoms with Crippen LogP contribution in [0.25, 0.3) is 10.2 Å². The third kappa shape index (κ3) is 5.38. The van der Waals surface area contributed by atoms with Crippen molar-refractivity contribution in [1.29, 1.82) is 0 Å². The molecule has 0 bridgehead atoms. The molecule has 0 spiro atoms. The van der Waals surface area contributed by atoms with Gasteiger partial charge in [-0.1, -0.05) is 11.3 Å². The van der Waals surface area contributed by atoms with Crippen molar-refractivity contribution in [2.24, 2.45) is 0 Å². The molecular weight excluding hydrogens is 478 g/mol. The molecule has 0 atom stereocenters. The Labute approximate surface area is 208 Å². The van der Waals surface area contributed by atoms with Crippen LogP contribution in [0.5, 0.6) is 17.2 Å². The van der Waals surface area contributed by atoms with Crippen LogP contribution in [0.2, 0.25) is 0 Å². The van der Waals surface area contributed by atoms with E-state index in [0.717, 1.165) is 55.2 Å². The van der Waals surface area contributed by atoms with Crippen LogP contribution >= 0.6 is 23.7 Å². The number of anilines is 1. The Bertz CT molecular complexity index is 1130. The minimum absolute atomic E-state index is 0. The van der Waals surface area contributed by atoms with Crippen LogP contribution in [-0.2, 0) is 4.74 Å². The van der Waals surface area contributed by atoms with E-state index in [9.17, 15) is 4.79 Å². The summed E-state index contributed by atoms with van der Waals surface area (Å²) >= 11 is 1.50. The zero-order valence-corrected chi connectivity index (χ0v) is 20.7. The first-order valence-corrected chi connectivity index (χ1v) is 12.0. The quantitative estimate of drug-likeness (QED) is 0.482. The number of hydrogen-bond acceptors (Lipinski definition) is 8. The van der Waals surface area contributed by atoms with Crippen LogP contribution in [-0.4, -0.2) is 75.5 Å². The van der Waals surface area contributed by atoms with E-state index in [1.54, 1.807) is 30.2 Å². The van der Waals surface area contributed by atoms with Crippen molar-refractivity contribution in [3.63, 3.8) is 0 Å². The summed E-state index contributed by atoms with van der Waals surface area (Å²) in [4.78, 5) is 22.6. The molecule has 8 nitrogen and oxygen atoms in total. The van der Waals surface area contributed by atoms with Crippen LogP contribution in [0, 0.1) is 0 Å². The highest BCUT2D eigenvalue weighted by molar-refractivity contribution is 7.22. The molecule has 0 unspecified atom stereocenters. The van der Waals surface area contributed by atoms with Gasteiger partial charge in [0.05, 0.1) is 30.5 Å². The molecule has 1 amide bonds. The van der Waals surface area contributed by atoms with Gasteiger partial charge in [0.25, 0.3) is 5.91 Å². The maximum atomic E-state index is 13.7. The number of benzene rings is 2. The van der Waals surface area contributed by atoms with Crippen LogP contribution < -0.4 is 19.1 Å². The van der Waals surface area contributed by atoms with Crippen molar-refractivity contribution in [3.05, 3.63) is 42.0 Å². The Balaban J connectivity index is 0.00000274. The van der Waals surface area contributed by atoms with Crippen LogP contribution in [0.15, 0.2) is 36.4 Å². The van der Waals surface area contributed by atoms with Gasteiger partial charge in [-0.15, -0.1) is 12.4 Å². The summed E-state index contributed by atoms with van der Waals surface area (Å²) < 4.78 is 23.1. The van der Waals surface area contributed by atoms with E-state index < -0.39 is 0 Å². The fraction of sp³-hybridized carbons (Fsp3) is 0.417. The second-order valence-corrected chi connectivity index (χ2v) is 8.96. The molecule has 0 radical (unpaired) electrons. The Hall–Kier alpha value is -2.59. The highest BCUT2D eigenvalue weighted by Gasteiger charge is 2.24. The smallest absolute Gasteiger partial charge is 0.260 e. The van der Waals surface area contributed by atoms with Gasteiger partial charge < -0.3 is 18.9 Å². The van der Waals surface area contributed by atoms with E-state index in [0.29, 0.717) is 42.0 Å². The number of carbonyl (C=O) groups excluding carboxylic acids is 1. The van der Waals surface area contributed by atoms with Gasteiger partial charge in [-0.05, 0) is 42.8 Å². The number of fused-ring (bicyclic) bond motifs is 2. The minimum Gasteiger partial charge on any atom is -0.497 e. The molecule has 5 rings (SSSR count). The average Bonchev–Trinajstić information content (AvgIpc) is 3.29. The lowest BCUT2D eigenvalue weighted by atomic mass is 10.1. The van der Waals surface area contributed by atoms with Crippen molar-refractivity contribution in [2.75, 3.05) is 64.6 Å². The van der Waals surface area contributed by atoms with E-state index in [-0.39, 0.29) is 18.3 Å². The molecule has 2 aliphatic heterocycles. The largest absolute Gasteiger partial charge is 0.497 e. The molecule has 2 aromatic carbocycles. The van der Waals surface area contributed by atoms with Crippen molar-refractivity contribution in [3.8, 4) is 17.2 Å². The lowest BCUT2D eigenvalue weighted by Gasteiger charge is -2.28. The SMILES string of the molecule is COc1ccc2nc(N(CCCN3CCOCC3)C(=O)c3ccc4c(c3)OCCO4)sc2c1.Cl. The summed E-state index contributed by atoms with van der Waals surface area (Å²) in [5.41, 5.74) is 1.41. The third-order valence-corrected chi connectivity index (χ3v) is 6.85. The van der Waals surface area contributed by atoms with Gasteiger partial charge in [0.15, 0.2) is 16.6 Å². The van der Waals surface area contributed by atoms with Gasteiger partial charge >= 0.3 is 0 Å². The maximum absolute atomic E-state index is 13.7. The molecule has 3 aromatic rings. The van der Waals surface area contributed by atoms with Crippen LogP contribution in [0.3, 0.4) is 0 Å². The predicted molar refractivity (Wildman–Crippen MR) is 134 cm³/mol. The summed E-state index contributed by atoms with van der Waals surface area (Å²) in [7, 11) is 1.65. The summed E-state index contributed by atoms with van der Waals surface area (Å²) in [5, 5.41) is 0.681. The number of nitrogens with zero attached hydrogens (tertiary/aromatic N) is 3. The molecule has 0 aliphatic carbocycles. The molecule has 3 heterocycles. The molecule has 0 saturated carbocycles. The molecule has 34 heavy (non-hydrogen) atoms. The minimum atomic E-state index is -0.0972. The highest BCUT2D eigenvalue weighted by atomic mass is 35.5. The number of thiazole rings is 1. The Kier molecular flexibility index (Phi) is 8.10. The van der Waals surface area contributed by atoms with Gasteiger partial charge in [0, 0.05) is 31.7 Å². The van der Waals surface area contributed by atoms with Gasteiger partial charge in [0.2, 0.25) is 0 Å². The number of ether oxygens (including phenoxy) is 4. The Morgan fingerprint density at radius 2 is 1.88 bits per heavy atom. The molecular formula is C24H28ClN3O5S. The van der Waals surface area contributed by atoms with Crippen molar-refractivity contribution in [1.82, 2.24) is 9.88 Å². The predicted octanol–water partition coefficient (Wildman–Crippen LogP) is 3.87. The second-order valence-electron chi connectivity index (χ2n) is 7.95. The maximum Gasteiger partial charge on any atom is 0.260 e. The van der Waals surface area contributed by atoms with Crippen LogP contribution in [0.4, 0.5) is 5.13 Å². The topological polar surface area (TPSA) is 73.4 Å². The molecule has 1 saturated heterocycles. The summed E-state index contributed by atoms with van der Waals surface area (Å²) in [6, 6.07) is 11.1. The molecule has 182 valence electrons. The number of halogens is 1. The highest BCUT2D eigenvalue weighted by Crippen LogP contribution is 2.34. The molecule has 0 N–H and O–H groups in total. The molecule has 1 aromatic heterocycles. The monoisotopic (exact) mass is 505 g/mol. The first-order chi connectivity index (χ1) is 16.2. The summed E-state index contributed by atoms with van der Waals surface area (Å²) in [6.07, 6.45) is 0.843. The number of amides is 1. The van der Waals surface area contributed by atoms with Gasteiger partial charge in [-0.2, -0.15) is 0 Å². The van der Waals surface area contributed by atoms with Crippen molar-refractivity contribution in [2.45, 2.75) is 6.42 Å². The number of rotatable bonds is 7. The second kappa shape index (κ2) is 11.2. The Morgan fingerprint density at radius 1 is 1.09 bits per heavy atom. The number of carbonyl (C=O) groups is 1. The zero-order chi connectivity index (χ0) is 22.6. The molecule has 10 heteroatoms.